The van der Waals surface area contributed by atoms with E-state index in [-0.39, 0.29) is 27.5 Å². The van der Waals surface area contributed by atoms with Crippen LogP contribution in [0.25, 0.3) is 33.9 Å². The van der Waals surface area contributed by atoms with E-state index in [1.165, 1.54) is 36.7 Å². The third kappa shape index (κ3) is 9.47. The molecule has 0 aliphatic carbocycles. The summed E-state index contributed by atoms with van der Waals surface area (Å²) in [6.07, 6.45) is 5.69. The first kappa shape index (κ1) is 34.5. The van der Waals surface area contributed by atoms with E-state index in [1.807, 2.05) is 36.4 Å². The lowest BCUT2D eigenvalue weighted by Crippen LogP contribution is -2.29. The summed E-state index contributed by atoms with van der Waals surface area (Å²) in [6, 6.07) is 25.5. The highest BCUT2D eigenvalue weighted by Crippen LogP contribution is 2.25. The normalized spacial score (nSPS) is 9.93. The average Bonchev–Trinajstić information content (AvgIpc) is 3.04. The molecule has 2 aromatic heterocycles. The van der Waals surface area contributed by atoms with Crippen molar-refractivity contribution in [2.75, 3.05) is 0 Å². The van der Waals surface area contributed by atoms with E-state index in [1.54, 1.807) is 36.7 Å². The minimum absolute atomic E-state index is 0. The molecule has 45 heavy (non-hydrogen) atoms. The molecule has 0 unspecified atom stereocenters. The van der Waals surface area contributed by atoms with Gasteiger partial charge in [-0.25, -0.2) is 37.5 Å². The van der Waals surface area contributed by atoms with Gasteiger partial charge in [-0.2, -0.15) is 0 Å². The number of halogens is 6. The third-order valence-electron chi connectivity index (χ3n) is 5.85. The van der Waals surface area contributed by atoms with Crippen LogP contribution in [0.3, 0.4) is 0 Å². The molecule has 0 fully saturated rings. The van der Waals surface area contributed by atoms with Crippen molar-refractivity contribution < 1.29 is 32.3 Å². The Morgan fingerprint density at radius 3 is 1.24 bits per heavy atom. The van der Waals surface area contributed by atoms with Crippen molar-refractivity contribution in [3.63, 3.8) is 0 Å². The summed E-state index contributed by atoms with van der Waals surface area (Å²) in [4.78, 5) is 15.6. The second-order valence-electron chi connectivity index (χ2n) is 8.86. The topological polar surface area (TPSA) is 92.0 Å². The molecule has 0 saturated carbocycles. The van der Waals surface area contributed by atoms with E-state index in [2.05, 4.69) is 19.9 Å². The molecule has 0 aliphatic rings. The van der Waals surface area contributed by atoms with Gasteiger partial charge < -0.3 is 10.0 Å². The molecule has 13 heteroatoms. The SMILES string of the molecule is F.Fc1cccc(F)c1-c1ncc(-c2ccccc2)cn1.Fc1cccc(F)c1-c1ncc(Cl)cn1.OB(O)c1ccccc1. The van der Waals surface area contributed by atoms with Gasteiger partial charge >= 0.3 is 7.12 Å². The van der Waals surface area contributed by atoms with Gasteiger partial charge in [0.1, 0.15) is 23.3 Å². The lowest BCUT2D eigenvalue weighted by molar-refractivity contribution is 0.426. The second kappa shape index (κ2) is 16.7. The number of rotatable bonds is 4. The van der Waals surface area contributed by atoms with E-state index >= 15 is 0 Å². The zero-order valence-electron chi connectivity index (χ0n) is 23.1. The molecule has 6 rings (SSSR count). The fraction of sp³-hybridized carbons (Fsp3) is 0. The Kier molecular flexibility index (Phi) is 12.8. The maximum Gasteiger partial charge on any atom is 0.488 e. The van der Waals surface area contributed by atoms with E-state index in [0.29, 0.717) is 10.5 Å². The Hall–Kier alpha value is -5.04. The molecule has 0 radical (unpaired) electrons. The molecule has 228 valence electrons. The van der Waals surface area contributed by atoms with Crippen LogP contribution in [-0.4, -0.2) is 37.1 Å². The van der Waals surface area contributed by atoms with Crippen molar-refractivity contribution in [3.8, 4) is 33.9 Å². The number of nitrogens with zero attached hydrogens (tertiary/aromatic N) is 4. The molecule has 6 aromatic rings. The van der Waals surface area contributed by atoms with E-state index in [4.69, 9.17) is 21.6 Å². The molecule has 0 spiro atoms. The molecule has 0 atom stereocenters. The van der Waals surface area contributed by atoms with Gasteiger partial charge in [0.05, 0.1) is 16.1 Å². The van der Waals surface area contributed by atoms with Crippen molar-refractivity contribution in [3.05, 3.63) is 150 Å². The Labute approximate surface area is 260 Å². The zero-order valence-corrected chi connectivity index (χ0v) is 23.9. The zero-order chi connectivity index (χ0) is 31.5. The van der Waals surface area contributed by atoms with Gasteiger partial charge in [0.2, 0.25) is 0 Å². The van der Waals surface area contributed by atoms with Crippen LogP contribution in [0.15, 0.2) is 122 Å². The first-order valence-electron chi connectivity index (χ1n) is 12.9. The van der Waals surface area contributed by atoms with Gasteiger partial charge in [-0.3, -0.25) is 4.70 Å². The first-order valence-corrected chi connectivity index (χ1v) is 13.3. The van der Waals surface area contributed by atoms with Gasteiger partial charge in [0.25, 0.3) is 0 Å². The van der Waals surface area contributed by atoms with Gasteiger partial charge in [0.15, 0.2) is 11.6 Å². The molecule has 0 amide bonds. The Balaban J connectivity index is 0.000000195. The summed E-state index contributed by atoms with van der Waals surface area (Å²) in [7, 11) is -1.34. The predicted molar refractivity (Wildman–Crippen MR) is 164 cm³/mol. The van der Waals surface area contributed by atoms with Gasteiger partial charge in [0, 0.05) is 30.4 Å². The monoisotopic (exact) mass is 636 g/mol. The van der Waals surface area contributed by atoms with E-state index < -0.39 is 30.4 Å². The quantitative estimate of drug-likeness (QED) is 0.166. The van der Waals surface area contributed by atoms with Crippen LogP contribution in [0.5, 0.6) is 0 Å². The van der Waals surface area contributed by atoms with Crippen LogP contribution < -0.4 is 5.46 Å². The molecule has 0 saturated heterocycles. The lowest BCUT2D eigenvalue weighted by atomic mass is 9.81. The highest BCUT2D eigenvalue weighted by molar-refractivity contribution is 6.58. The van der Waals surface area contributed by atoms with Crippen molar-refractivity contribution in [2.24, 2.45) is 0 Å². The summed E-state index contributed by atoms with van der Waals surface area (Å²) in [5, 5.41) is 17.5. The van der Waals surface area contributed by atoms with Crippen LogP contribution in [0, 0.1) is 23.3 Å². The summed E-state index contributed by atoms with van der Waals surface area (Å²) in [6.45, 7) is 0. The van der Waals surface area contributed by atoms with Gasteiger partial charge in [-0.1, -0.05) is 84.4 Å². The molecular formula is C32H23BClF5N4O2. The highest BCUT2D eigenvalue weighted by atomic mass is 35.5. The van der Waals surface area contributed by atoms with Crippen molar-refractivity contribution in [1.82, 2.24) is 19.9 Å². The van der Waals surface area contributed by atoms with Crippen LogP contribution in [0.4, 0.5) is 22.3 Å². The molecule has 4 aromatic carbocycles. The second-order valence-corrected chi connectivity index (χ2v) is 9.30. The lowest BCUT2D eigenvalue weighted by Gasteiger charge is -2.05. The maximum atomic E-state index is 13.6. The fourth-order valence-corrected chi connectivity index (χ4v) is 3.82. The van der Waals surface area contributed by atoms with Crippen LogP contribution in [0.2, 0.25) is 5.02 Å². The Bertz CT molecular complexity index is 1750. The number of hydrogen-bond donors (Lipinski definition) is 2. The van der Waals surface area contributed by atoms with Crippen molar-refractivity contribution in [2.45, 2.75) is 0 Å². The van der Waals surface area contributed by atoms with E-state index in [0.717, 1.165) is 23.3 Å². The minimum Gasteiger partial charge on any atom is -0.423 e. The van der Waals surface area contributed by atoms with Gasteiger partial charge in [-0.15, -0.1) is 0 Å². The molecule has 6 nitrogen and oxygen atoms in total. The first-order chi connectivity index (χ1) is 21.2. The maximum absolute atomic E-state index is 13.6. The summed E-state index contributed by atoms with van der Waals surface area (Å²) >= 11 is 5.57. The number of hydrogen-bond acceptors (Lipinski definition) is 6. The number of benzene rings is 4. The molecule has 0 aliphatic heterocycles. The Morgan fingerprint density at radius 1 is 0.489 bits per heavy atom. The summed E-state index contributed by atoms with van der Waals surface area (Å²) in [5.74, 6) is -2.71. The van der Waals surface area contributed by atoms with Crippen LogP contribution in [-0.2, 0) is 0 Å². The van der Waals surface area contributed by atoms with Gasteiger partial charge in [-0.05, 0) is 35.3 Å². The molecular weight excluding hydrogens is 614 g/mol. The van der Waals surface area contributed by atoms with Crippen molar-refractivity contribution in [1.29, 1.82) is 0 Å². The third-order valence-corrected chi connectivity index (χ3v) is 6.04. The summed E-state index contributed by atoms with van der Waals surface area (Å²) < 4.78 is 53.8. The van der Waals surface area contributed by atoms with Crippen LogP contribution >= 0.6 is 11.6 Å². The number of aromatic nitrogens is 4. The van der Waals surface area contributed by atoms with Crippen LogP contribution in [0.1, 0.15) is 0 Å². The van der Waals surface area contributed by atoms with E-state index in [9.17, 15) is 17.6 Å². The fourth-order valence-electron chi connectivity index (χ4n) is 3.73. The average molecular weight is 637 g/mol. The minimum atomic E-state index is -1.34. The van der Waals surface area contributed by atoms with Crippen molar-refractivity contribution >= 4 is 24.2 Å². The molecule has 2 N–H and O–H groups in total. The molecule has 2 heterocycles. The standard InChI is InChI=1S/C16H10F2N2.C10H5ClF2N2.C6H7BO2.FH/c17-13-7-4-8-14(18)15(13)16-19-9-12(10-20-16)11-5-2-1-3-6-11;11-6-4-14-10(15-5-6)9-7(12)2-1-3-8(9)13;8-7(9)6-4-2-1-3-5-6;/h1-10H;1-5H;1-5,8-9H;1H. The molecule has 0 bridgehead atoms. The predicted octanol–water partition coefficient (Wildman–Crippen LogP) is 6.68. The largest absolute Gasteiger partial charge is 0.488 e. The Morgan fingerprint density at radius 2 is 0.867 bits per heavy atom. The summed E-state index contributed by atoms with van der Waals surface area (Å²) in [5.41, 5.74) is 1.83. The highest BCUT2D eigenvalue weighted by Gasteiger charge is 2.14. The smallest absolute Gasteiger partial charge is 0.423 e.